The van der Waals surface area contributed by atoms with E-state index in [-0.39, 0.29) is 18.0 Å². The minimum absolute atomic E-state index is 0.106. The lowest BCUT2D eigenvalue weighted by Gasteiger charge is -2.37. The number of alkyl halides is 3. The molecule has 0 saturated heterocycles. The zero-order valence-electron chi connectivity index (χ0n) is 20.2. The number of hydrogen-bond acceptors (Lipinski definition) is 3. The summed E-state index contributed by atoms with van der Waals surface area (Å²) in [5.41, 5.74) is -0.854. The number of rotatable bonds is 7. The van der Waals surface area contributed by atoms with E-state index < -0.39 is 23.2 Å². The maximum absolute atomic E-state index is 13.5. The molecule has 0 aliphatic carbocycles. The van der Waals surface area contributed by atoms with E-state index in [0.717, 1.165) is 27.5 Å². The predicted molar refractivity (Wildman–Crippen MR) is 132 cm³/mol. The van der Waals surface area contributed by atoms with Gasteiger partial charge in [-0.1, -0.05) is 36.4 Å². The van der Waals surface area contributed by atoms with Crippen molar-refractivity contribution in [1.82, 2.24) is 9.80 Å². The van der Waals surface area contributed by atoms with Crippen LogP contribution in [0.3, 0.4) is 0 Å². The largest absolute Gasteiger partial charge is 0.416 e. The van der Waals surface area contributed by atoms with Crippen molar-refractivity contribution < 1.29 is 22.8 Å². The molecule has 2 amide bonds. The SMILES string of the molecule is Cc1ccc(CN(Cc2ccccc2)C(=O)CN(C(=O)c2cccc(C(F)(F)F)c2)C(C)(C)C)s1. The van der Waals surface area contributed by atoms with Crippen molar-refractivity contribution in [3.8, 4) is 0 Å². The normalized spacial score (nSPS) is 11.9. The molecule has 0 fully saturated rings. The summed E-state index contributed by atoms with van der Waals surface area (Å²) in [6.45, 7) is 7.75. The van der Waals surface area contributed by atoms with Crippen molar-refractivity contribution in [1.29, 1.82) is 0 Å². The molecule has 2 aromatic carbocycles. The first-order chi connectivity index (χ1) is 16.3. The van der Waals surface area contributed by atoms with Gasteiger partial charge in [-0.2, -0.15) is 13.2 Å². The van der Waals surface area contributed by atoms with Gasteiger partial charge in [0, 0.05) is 27.4 Å². The number of carbonyl (C=O) groups excluding carboxylic acids is 2. The molecule has 0 aliphatic rings. The summed E-state index contributed by atoms with van der Waals surface area (Å²) < 4.78 is 39.6. The van der Waals surface area contributed by atoms with Crippen LogP contribution in [0.5, 0.6) is 0 Å². The maximum Gasteiger partial charge on any atom is 0.416 e. The van der Waals surface area contributed by atoms with Gasteiger partial charge in [0.05, 0.1) is 12.1 Å². The highest BCUT2D eigenvalue weighted by molar-refractivity contribution is 7.11. The lowest BCUT2D eigenvalue weighted by atomic mass is 10.0. The first-order valence-corrected chi connectivity index (χ1v) is 12.0. The predicted octanol–water partition coefficient (Wildman–Crippen LogP) is 6.55. The lowest BCUT2D eigenvalue weighted by molar-refractivity contribution is -0.137. The number of benzene rings is 2. The van der Waals surface area contributed by atoms with Gasteiger partial charge >= 0.3 is 6.18 Å². The van der Waals surface area contributed by atoms with E-state index in [0.29, 0.717) is 13.1 Å². The second-order valence-corrected chi connectivity index (χ2v) is 10.8. The number of aryl methyl sites for hydroxylation is 1. The summed E-state index contributed by atoms with van der Waals surface area (Å²) in [5, 5.41) is 0. The minimum atomic E-state index is -4.57. The van der Waals surface area contributed by atoms with Crippen molar-refractivity contribution in [2.45, 2.75) is 52.5 Å². The zero-order chi connectivity index (χ0) is 25.8. The Hall–Kier alpha value is -3.13. The standard InChI is InChI=1S/C27H29F3N2O2S/c1-19-13-14-23(35-19)17-31(16-20-9-6-5-7-10-20)24(33)18-32(26(2,3)4)25(34)21-11-8-12-22(15-21)27(28,29)30/h5-15H,16-18H2,1-4H3. The van der Waals surface area contributed by atoms with Crippen LogP contribution in [0, 0.1) is 6.92 Å². The highest BCUT2D eigenvalue weighted by atomic mass is 32.1. The van der Waals surface area contributed by atoms with Gasteiger partial charge in [-0.25, -0.2) is 0 Å². The number of halogens is 3. The number of nitrogens with zero attached hydrogens (tertiary/aromatic N) is 2. The molecule has 1 heterocycles. The van der Waals surface area contributed by atoms with Crippen LogP contribution >= 0.6 is 11.3 Å². The van der Waals surface area contributed by atoms with Gasteiger partial charge in [0.1, 0.15) is 6.54 Å². The Morgan fingerprint density at radius 2 is 1.57 bits per heavy atom. The monoisotopic (exact) mass is 502 g/mol. The van der Waals surface area contributed by atoms with Crippen LogP contribution in [0.4, 0.5) is 13.2 Å². The maximum atomic E-state index is 13.5. The molecule has 186 valence electrons. The van der Waals surface area contributed by atoms with Crippen molar-refractivity contribution in [2.75, 3.05) is 6.54 Å². The molecule has 4 nitrogen and oxygen atoms in total. The molecule has 8 heteroatoms. The van der Waals surface area contributed by atoms with Crippen LogP contribution in [-0.2, 0) is 24.1 Å². The van der Waals surface area contributed by atoms with Crippen LogP contribution in [0.25, 0.3) is 0 Å². The summed E-state index contributed by atoms with van der Waals surface area (Å²) >= 11 is 1.59. The molecule has 3 rings (SSSR count). The second-order valence-electron chi connectivity index (χ2n) is 9.39. The Labute approximate surface area is 208 Å². The second kappa shape index (κ2) is 10.6. The molecule has 0 unspecified atom stereocenters. The van der Waals surface area contributed by atoms with Crippen molar-refractivity contribution in [3.05, 3.63) is 93.2 Å². The number of carbonyl (C=O) groups is 2. The van der Waals surface area contributed by atoms with Crippen LogP contribution in [0.2, 0.25) is 0 Å². The van der Waals surface area contributed by atoms with Gasteiger partial charge in [0.2, 0.25) is 5.91 Å². The first kappa shape index (κ1) is 26.5. The Morgan fingerprint density at radius 3 is 2.14 bits per heavy atom. The Kier molecular flexibility index (Phi) is 8.05. The van der Waals surface area contributed by atoms with Gasteiger partial charge in [0.15, 0.2) is 0 Å². The summed E-state index contributed by atoms with van der Waals surface area (Å²) in [4.78, 5) is 32.0. The molecule has 0 aliphatic heterocycles. The van der Waals surface area contributed by atoms with E-state index in [1.807, 2.05) is 49.4 Å². The average Bonchev–Trinajstić information content (AvgIpc) is 3.20. The highest BCUT2D eigenvalue weighted by Gasteiger charge is 2.34. The van der Waals surface area contributed by atoms with Crippen LogP contribution < -0.4 is 0 Å². The van der Waals surface area contributed by atoms with Gasteiger partial charge < -0.3 is 9.80 Å². The molecule has 0 saturated carbocycles. The summed E-state index contributed by atoms with van der Waals surface area (Å²) in [7, 11) is 0. The van der Waals surface area contributed by atoms with Crippen molar-refractivity contribution in [2.24, 2.45) is 0 Å². The van der Waals surface area contributed by atoms with E-state index in [9.17, 15) is 22.8 Å². The Bertz CT molecular complexity index is 1170. The molecule has 0 spiro atoms. The molecule has 0 N–H and O–H groups in total. The van der Waals surface area contributed by atoms with Gasteiger partial charge in [-0.05, 0) is 63.6 Å². The van der Waals surface area contributed by atoms with Gasteiger partial charge in [0.25, 0.3) is 5.91 Å². The summed E-state index contributed by atoms with van der Waals surface area (Å²) in [6, 6.07) is 17.8. The minimum Gasteiger partial charge on any atom is -0.332 e. The van der Waals surface area contributed by atoms with Gasteiger partial charge in [-0.15, -0.1) is 11.3 Å². The molecule has 35 heavy (non-hydrogen) atoms. The number of thiophene rings is 1. The quantitative estimate of drug-likeness (QED) is 0.368. The van der Waals surface area contributed by atoms with Gasteiger partial charge in [-0.3, -0.25) is 9.59 Å². The molecule has 0 bridgehead atoms. The number of hydrogen-bond donors (Lipinski definition) is 0. The molecule has 0 atom stereocenters. The number of amides is 2. The lowest BCUT2D eigenvalue weighted by Crippen LogP contribution is -2.51. The van der Waals surface area contributed by atoms with E-state index >= 15 is 0 Å². The van der Waals surface area contributed by atoms with E-state index in [2.05, 4.69) is 0 Å². The van der Waals surface area contributed by atoms with E-state index in [1.54, 1.807) is 37.0 Å². The Balaban J connectivity index is 1.88. The fourth-order valence-electron chi connectivity index (χ4n) is 3.63. The fourth-order valence-corrected chi connectivity index (χ4v) is 4.53. The molecule has 3 aromatic rings. The summed E-state index contributed by atoms with van der Waals surface area (Å²) in [5.74, 6) is -0.904. The fraction of sp³-hybridized carbons (Fsp3) is 0.333. The van der Waals surface area contributed by atoms with Crippen molar-refractivity contribution >= 4 is 23.2 Å². The highest BCUT2D eigenvalue weighted by Crippen LogP contribution is 2.30. The van der Waals surface area contributed by atoms with E-state index in [4.69, 9.17) is 0 Å². The molecule has 0 radical (unpaired) electrons. The zero-order valence-corrected chi connectivity index (χ0v) is 21.0. The molecule has 1 aromatic heterocycles. The third-order valence-electron chi connectivity index (χ3n) is 5.50. The summed E-state index contributed by atoms with van der Waals surface area (Å²) in [6.07, 6.45) is -4.57. The van der Waals surface area contributed by atoms with Crippen LogP contribution in [0.1, 0.15) is 52.0 Å². The molecular weight excluding hydrogens is 473 g/mol. The van der Waals surface area contributed by atoms with Crippen molar-refractivity contribution in [3.63, 3.8) is 0 Å². The van der Waals surface area contributed by atoms with Crippen LogP contribution in [-0.4, -0.2) is 33.7 Å². The van der Waals surface area contributed by atoms with Crippen LogP contribution in [0.15, 0.2) is 66.7 Å². The topological polar surface area (TPSA) is 40.6 Å². The third-order valence-corrected chi connectivity index (χ3v) is 6.48. The third kappa shape index (κ3) is 7.18. The molecular formula is C27H29F3N2O2S. The first-order valence-electron chi connectivity index (χ1n) is 11.2. The Morgan fingerprint density at radius 1 is 0.886 bits per heavy atom. The average molecular weight is 503 g/mol. The smallest absolute Gasteiger partial charge is 0.332 e. The van der Waals surface area contributed by atoms with E-state index in [1.165, 1.54) is 17.0 Å².